The number of nitrogens with two attached hydrogens (primary N) is 1. The molecule has 17 heavy (non-hydrogen) atoms. The SMILES string of the molecule is CCOC(=O)COCC(N)c1cc(Br)c(Br)s1. The summed E-state index contributed by atoms with van der Waals surface area (Å²) in [4.78, 5) is 12.0. The Hall–Kier alpha value is 0.0500. The molecule has 1 aromatic heterocycles. The molecule has 0 aliphatic heterocycles. The van der Waals surface area contributed by atoms with E-state index in [1.54, 1.807) is 18.3 Å². The van der Waals surface area contributed by atoms with Crippen molar-refractivity contribution in [2.45, 2.75) is 13.0 Å². The van der Waals surface area contributed by atoms with Gasteiger partial charge in [0.05, 0.1) is 23.0 Å². The monoisotopic (exact) mass is 385 g/mol. The summed E-state index contributed by atoms with van der Waals surface area (Å²) in [6.45, 7) is 2.34. The Morgan fingerprint density at radius 2 is 2.29 bits per heavy atom. The van der Waals surface area contributed by atoms with E-state index in [4.69, 9.17) is 15.2 Å². The van der Waals surface area contributed by atoms with Crippen LogP contribution in [-0.2, 0) is 14.3 Å². The Balaban J connectivity index is 2.34. The minimum absolute atomic E-state index is 0.0603. The summed E-state index contributed by atoms with van der Waals surface area (Å²) in [6, 6.07) is 1.70. The number of rotatable bonds is 6. The second-order valence-electron chi connectivity index (χ2n) is 3.20. The van der Waals surface area contributed by atoms with Crippen molar-refractivity contribution in [2.24, 2.45) is 5.73 Å². The molecule has 96 valence electrons. The number of carbonyl (C=O) groups excluding carboxylic acids is 1. The van der Waals surface area contributed by atoms with E-state index in [-0.39, 0.29) is 25.2 Å². The number of ether oxygens (including phenoxy) is 2. The number of thiophene rings is 1. The maximum atomic E-state index is 11.0. The third-order valence-electron chi connectivity index (χ3n) is 1.85. The zero-order valence-corrected chi connectivity index (χ0v) is 13.2. The molecule has 0 aliphatic carbocycles. The standard InChI is InChI=1S/C10H13Br2NO3S/c1-2-16-9(14)5-15-4-7(13)8-3-6(11)10(12)17-8/h3,7H,2,4-5,13H2,1H3. The molecule has 1 atom stereocenters. The van der Waals surface area contributed by atoms with Gasteiger partial charge in [0.2, 0.25) is 0 Å². The van der Waals surface area contributed by atoms with Gasteiger partial charge in [0, 0.05) is 9.35 Å². The number of hydrogen-bond donors (Lipinski definition) is 1. The van der Waals surface area contributed by atoms with Crippen molar-refractivity contribution >= 4 is 49.2 Å². The van der Waals surface area contributed by atoms with E-state index in [1.807, 2.05) is 6.07 Å². The molecular formula is C10H13Br2NO3S. The Morgan fingerprint density at radius 1 is 1.59 bits per heavy atom. The number of esters is 1. The average Bonchev–Trinajstić information content (AvgIpc) is 2.59. The van der Waals surface area contributed by atoms with Gasteiger partial charge in [-0.05, 0) is 44.8 Å². The van der Waals surface area contributed by atoms with Crippen LogP contribution in [0.1, 0.15) is 17.8 Å². The van der Waals surface area contributed by atoms with Crippen molar-refractivity contribution in [3.8, 4) is 0 Å². The number of carbonyl (C=O) groups is 1. The summed E-state index contributed by atoms with van der Waals surface area (Å²) >= 11 is 8.33. The first-order valence-electron chi connectivity index (χ1n) is 4.98. The van der Waals surface area contributed by atoms with E-state index in [1.165, 1.54) is 0 Å². The molecule has 0 spiro atoms. The lowest BCUT2D eigenvalue weighted by Crippen LogP contribution is -2.20. The van der Waals surface area contributed by atoms with Gasteiger partial charge in [0.1, 0.15) is 6.61 Å². The summed E-state index contributed by atoms with van der Waals surface area (Å²) in [5.74, 6) is -0.367. The first-order valence-corrected chi connectivity index (χ1v) is 7.38. The fourth-order valence-corrected chi connectivity index (χ4v) is 3.18. The van der Waals surface area contributed by atoms with Gasteiger partial charge >= 0.3 is 5.97 Å². The van der Waals surface area contributed by atoms with Gasteiger partial charge in [-0.3, -0.25) is 0 Å². The predicted octanol–water partition coefficient (Wildman–Crippen LogP) is 2.85. The van der Waals surface area contributed by atoms with Crippen LogP contribution in [0.3, 0.4) is 0 Å². The normalized spacial score (nSPS) is 12.5. The molecular weight excluding hydrogens is 374 g/mol. The molecule has 1 aromatic rings. The summed E-state index contributed by atoms with van der Waals surface area (Å²) < 4.78 is 11.9. The van der Waals surface area contributed by atoms with Crippen LogP contribution < -0.4 is 5.73 Å². The Kier molecular flexibility index (Phi) is 6.65. The zero-order valence-electron chi connectivity index (χ0n) is 9.24. The first kappa shape index (κ1) is 15.1. The highest BCUT2D eigenvalue weighted by Crippen LogP contribution is 2.34. The third-order valence-corrected chi connectivity index (χ3v) is 5.24. The van der Waals surface area contributed by atoms with Gasteiger partial charge in [0.25, 0.3) is 0 Å². The van der Waals surface area contributed by atoms with Crippen LogP contribution in [0.15, 0.2) is 14.3 Å². The highest BCUT2D eigenvalue weighted by molar-refractivity contribution is 9.13. The minimum atomic E-state index is -0.367. The molecule has 1 unspecified atom stereocenters. The van der Waals surface area contributed by atoms with E-state index in [0.29, 0.717) is 6.61 Å². The zero-order chi connectivity index (χ0) is 12.8. The Bertz CT molecular complexity index is 364. The summed E-state index contributed by atoms with van der Waals surface area (Å²) in [5, 5.41) is 0. The maximum Gasteiger partial charge on any atom is 0.332 e. The van der Waals surface area contributed by atoms with E-state index < -0.39 is 0 Å². The molecule has 4 nitrogen and oxygen atoms in total. The van der Waals surface area contributed by atoms with Crippen molar-refractivity contribution in [1.29, 1.82) is 0 Å². The van der Waals surface area contributed by atoms with Crippen LogP contribution in [0, 0.1) is 0 Å². The van der Waals surface area contributed by atoms with E-state index >= 15 is 0 Å². The molecule has 2 N–H and O–H groups in total. The number of hydrogen-bond acceptors (Lipinski definition) is 5. The molecule has 0 bridgehead atoms. The third kappa shape index (κ3) is 5.05. The van der Waals surface area contributed by atoms with Crippen LogP contribution in [-0.4, -0.2) is 25.8 Å². The number of halogens is 2. The molecule has 0 aliphatic rings. The predicted molar refractivity (Wildman–Crippen MR) is 74.1 cm³/mol. The quantitative estimate of drug-likeness (QED) is 0.763. The van der Waals surface area contributed by atoms with Crippen LogP contribution >= 0.6 is 43.2 Å². The van der Waals surface area contributed by atoms with E-state index in [0.717, 1.165) is 13.1 Å². The van der Waals surface area contributed by atoms with Gasteiger partial charge in [-0.1, -0.05) is 0 Å². The average molecular weight is 387 g/mol. The summed E-state index contributed by atoms with van der Waals surface area (Å²) in [7, 11) is 0. The van der Waals surface area contributed by atoms with Gasteiger partial charge in [-0.25, -0.2) is 4.79 Å². The lowest BCUT2D eigenvalue weighted by molar-refractivity contribution is -0.148. The van der Waals surface area contributed by atoms with Gasteiger partial charge in [-0.15, -0.1) is 11.3 Å². The molecule has 0 aromatic carbocycles. The van der Waals surface area contributed by atoms with Crippen molar-refractivity contribution in [3.05, 3.63) is 19.2 Å². The molecule has 0 amide bonds. The van der Waals surface area contributed by atoms with Crippen LogP contribution in [0.4, 0.5) is 0 Å². The fraction of sp³-hybridized carbons (Fsp3) is 0.500. The molecule has 0 saturated heterocycles. The second kappa shape index (κ2) is 7.48. The summed E-state index contributed by atoms with van der Waals surface area (Å²) in [5.41, 5.74) is 5.93. The van der Waals surface area contributed by atoms with Gasteiger partial charge < -0.3 is 15.2 Å². The largest absolute Gasteiger partial charge is 0.464 e. The first-order chi connectivity index (χ1) is 8.04. The minimum Gasteiger partial charge on any atom is -0.464 e. The molecule has 7 heteroatoms. The van der Waals surface area contributed by atoms with Crippen molar-refractivity contribution < 1.29 is 14.3 Å². The summed E-state index contributed by atoms with van der Waals surface area (Å²) in [6.07, 6.45) is 0. The molecule has 0 radical (unpaired) electrons. The van der Waals surface area contributed by atoms with Crippen LogP contribution in [0.25, 0.3) is 0 Å². The molecule has 1 rings (SSSR count). The van der Waals surface area contributed by atoms with Crippen LogP contribution in [0.5, 0.6) is 0 Å². The lowest BCUT2D eigenvalue weighted by Gasteiger charge is -2.09. The fourth-order valence-electron chi connectivity index (χ4n) is 1.10. The highest BCUT2D eigenvalue weighted by atomic mass is 79.9. The van der Waals surface area contributed by atoms with E-state index in [2.05, 4.69) is 31.9 Å². The molecule has 0 fully saturated rings. The van der Waals surface area contributed by atoms with Gasteiger partial charge in [0.15, 0.2) is 0 Å². The lowest BCUT2D eigenvalue weighted by atomic mass is 10.3. The van der Waals surface area contributed by atoms with E-state index in [9.17, 15) is 4.79 Å². The van der Waals surface area contributed by atoms with Crippen molar-refractivity contribution in [2.75, 3.05) is 19.8 Å². The van der Waals surface area contributed by atoms with Crippen molar-refractivity contribution in [3.63, 3.8) is 0 Å². The smallest absolute Gasteiger partial charge is 0.332 e. The molecule has 0 saturated carbocycles. The Labute approximate surface area is 121 Å². The maximum absolute atomic E-state index is 11.0. The van der Waals surface area contributed by atoms with Crippen molar-refractivity contribution in [1.82, 2.24) is 0 Å². The van der Waals surface area contributed by atoms with Crippen LogP contribution in [0.2, 0.25) is 0 Å². The second-order valence-corrected chi connectivity index (χ2v) is 6.45. The Morgan fingerprint density at radius 3 is 2.82 bits per heavy atom. The molecule has 1 heterocycles. The van der Waals surface area contributed by atoms with Gasteiger partial charge in [-0.2, -0.15) is 0 Å². The topological polar surface area (TPSA) is 61.5 Å². The highest BCUT2D eigenvalue weighted by Gasteiger charge is 2.13.